The Morgan fingerprint density at radius 1 is 1.04 bits per heavy atom. The van der Waals surface area contributed by atoms with E-state index in [1.54, 1.807) is 61.8 Å². The van der Waals surface area contributed by atoms with Gasteiger partial charge in [-0.15, -0.1) is 11.3 Å². The van der Waals surface area contributed by atoms with Crippen LogP contribution in [0.15, 0.2) is 96.8 Å². The smallest absolute Gasteiger partial charge is 0.429 e. The van der Waals surface area contributed by atoms with Gasteiger partial charge in [-0.2, -0.15) is 18.3 Å². The van der Waals surface area contributed by atoms with E-state index < -0.39 is 42.7 Å². The van der Waals surface area contributed by atoms with E-state index in [2.05, 4.69) is 20.4 Å². The van der Waals surface area contributed by atoms with Crippen molar-refractivity contribution in [2.24, 2.45) is 5.73 Å². The minimum atomic E-state index is -4.79. The summed E-state index contributed by atoms with van der Waals surface area (Å²) in [5.41, 5.74) is 9.71. The minimum absolute atomic E-state index is 0.137. The Labute approximate surface area is 321 Å². The zero-order chi connectivity index (χ0) is 39.7. The number of aryl methyl sites for hydroxylation is 1. The summed E-state index contributed by atoms with van der Waals surface area (Å²) in [6.45, 7) is 3.23. The SMILES string of the molecule is CCOC(=O)[C@@H](N)Cc1ccc(-c2csc3c(O[C@H](c4ccc(Cl)cc4-n4ccc(C)n4)C(F)(F)F)ncnc23)cc1.O=C([O-])CNC(=O)c1ccccc1. The number of nitrogens with two attached hydrogens (primary N) is 1. The molecule has 3 aromatic heterocycles. The van der Waals surface area contributed by atoms with Gasteiger partial charge in [0.25, 0.3) is 5.91 Å². The van der Waals surface area contributed by atoms with Gasteiger partial charge in [-0.25, -0.2) is 14.6 Å². The normalized spacial score (nSPS) is 12.3. The molecule has 3 N–H and O–H groups in total. The van der Waals surface area contributed by atoms with Crippen molar-refractivity contribution in [3.8, 4) is 22.7 Å². The molecule has 0 saturated heterocycles. The number of aromatic nitrogens is 4. The molecule has 0 unspecified atom stereocenters. The van der Waals surface area contributed by atoms with Crippen molar-refractivity contribution in [3.05, 3.63) is 124 Å². The summed E-state index contributed by atoms with van der Waals surface area (Å²) in [6.07, 6.45) is -4.12. The maximum Gasteiger partial charge on any atom is 0.429 e. The van der Waals surface area contributed by atoms with E-state index in [1.807, 2.05) is 24.3 Å². The van der Waals surface area contributed by atoms with E-state index in [1.165, 1.54) is 40.5 Å². The fourth-order valence-corrected chi connectivity index (χ4v) is 6.40. The molecule has 3 heterocycles. The second-order valence-electron chi connectivity index (χ2n) is 11.8. The van der Waals surface area contributed by atoms with Gasteiger partial charge in [0, 0.05) is 33.3 Å². The highest BCUT2D eigenvalue weighted by Gasteiger charge is 2.45. The molecular weight excluding hydrogens is 761 g/mol. The molecule has 3 aromatic carbocycles. The predicted octanol–water partition coefficient (Wildman–Crippen LogP) is 5.79. The number of aliphatic carboxylic acids is 1. The number of amides is 1. The Kier molecular flexibility index (Phi) is 13.2. The maximum absolute atomic E-state index is 14.5. The van der Waals surface area contributed by atoms with Gasteiger partial charge in [0.1, 0.15) is 17.1 Å². The topological polar surface area (TPSA) is 174 Å². The first-order valence-electron chi connectivity index (χ1n) is 16.6. The third-order valence-corrected chi connectivity index (χ3v) is 9.02. The summed E-state index contributed by atoms with van der Waals surface area (Å²) in [4.78, 5) is 41.4. The zero-order valence-corrected chi connectivity index (χ0v) is 30.8. The number of hydrogen-bond donors (Lipinski definition) is 2. The van der Waals surface area contributed by atoms with Crippen molar-refractivity contribution in [2.75, 3.05) is 13.2 Å². The van der Waals surface area contributed by atoms with Crippen molar-refractivity contribution in [1.82, 2.24) is 25.1 Å². The third-order valence-electron chi connectivity index (χ3n) is 7.83. The first-order valence-corrected chi connectivity index (χ1v) is 17.8. The van der Waals surface area contributed by atoms with E-state index in [0.29, 0.717) is 33.5 Å². The Hall–Kier alpha value is -5.84. The summed E-state index contributed by atoms with van der Waals surface area (Å²) in [7, 11) is 0. The van der Waals surface area contributed by atoms with Gasteiger partial charge < -0.3 is 30.4 Å². The Balaban J connectivity index is 0.000000378. The van der Waals surface area contributed by atoms with Gasteiger partial charge in [-0.3, -0.25) is 9.59 Å². The number of carboxylic acid groups (broad SMARTS) is 1. The molecule has 2 atom stereocenters. The standard InChI is InChI=1S/C29H25ClF3N5O3S.C9H9NO3/c1-3-40-28(39)22(34)12-17-4-6-18(7-5-17)21-14-42-25-24(21)35-15-36-27(25)41-26(29(31,32)33)20-9-8-19(30)13-23(20)38-11-10-16(2)37-38;11-8(12)6-10-9(13)7-4-2-1-3-5-7/h4-11,13-15,22,26H,3,12,34H2,1-2H3;1-5H,6H2,(H,10,13)(H,11,12)/p-1/t22-,26+;/m0./s1. The number of nitrogens with zero attached hydrogens (tertiary/aromatic N) is 4. The molecule has 0 aliphatic carbocycles. The fraction of sp³-hybridized carbons (Fsp3) is 0.211. The van der Waals surface area contributed by atoms with Crippen LogP contribution in [0.2, 0.25) is 5.02 Å². The molecule has 0 aliphatic heterocycles. The van der Waals surface area contributed by atoms with Crippen molar-refractivity contribution in [3.63, 3.8) is 0 Å². The molecule has 12 nitrogen and oxygen atoms in total. The van der Waals surface area contributed by atoms with Crippen LogP contribution in [0.4, 0.5) is 13.2 Å². The van der Waals surface area contributed by atoms with Gasteiger partial charge in [0.2, 0.25) is 12.0 Å². The molecule has 0 fully saturated rings. The number of fused-ring (bicyclic) bond motifs is 1. The molecule has 55 heavy (non-hydrogen) atoms. The molecule has 0 spiro atoms. The predicted molar refractivity (Wildman–Crippen MR) is 198 cm³/mol. The zero-order valence-electron chi connectivity index (χ0n) is 29.2. The number of alkyl halides is 3. The van der Waals surface area contributed by atoms with E-state index in [4.69, 9.17) is 26.8 Å². The van der Waals surface area contributed by atoms with Gasteiger partial charge in [-0.1, -0.05) is 60.1 Å². The molecule has 286 valence electrons. The summed E-state index contributed by atoms with van der Waals surface area (Å²) < 4.78 is 55.8. The molecule has 0 saturated carbocycles. The maximum atomic E-state index is 14.5. The number of benzene rings is 3. The third kappa shape index (κ3) is 10.4. The molecule has 0 radical (unpaired) electrons. The highest BCUT2D eigenvalue weighted by Crippen LogP contribution is 2.43. The molecular formula is C38H33ClF3N6O6S-. The van der Waals surface area contributed by atoms with Gasteiger partial charge in [0.15, 0.2) is 0 Å². The van der Waals surface area contributed by atoms with Crippen LogP contribution < -0.4 is 20.9 Å². The molecule has 6 aromatic rings. The molecule has 1 amide bonds. The van der Waals surface area contributed by atoms with Crippen LogP contribution >= 0.6 is 22.9 Å². The summed E-state index contributed by atoms with van der Waals surface area (Å²) in [5.74, 6) is -2.39. The highest BCUT2D eigenvalue weighted by atomic mass is 35.5. The second kappa shape index (κ2) is 18.0. The van der Waals surface area contributed by atoms with E-state index in [9.17, 15) is 32.7 Å². The van der Waals surface area contributed by atoms with E-state index in [0.717, 1.165) is 11.1 Å². The van der Waals surface area contributed by atoms with Crippen LogP contribution in [0.5, 0.6) is 5.88 Å². The number of carboxylic acids is 1. The monoisotopic (exact) mass is 793 g/mol. The number of thiophene rings is 1. The number of rotatable bonds is 12. The van der Waals surface area contributed by atoms with Gasteiger partial charge in [0.05, 0.1) is 36.0 Å². The first kappa shape index (κ1) is 40.3. The van der Waals surface area contributed by atoms with Crippen molar-refractivity contribution < 1.29 is 42.1 Å². The number of halogens is 4. The highest BCUT2D eigenvalue weighted by molar-refractivity contribution is 7.18. The van der Waals surface area contributed by atoms with Crippen LogP contribution in [-0.4, -0.2) is 63.0 Å². The average molecular weight is 794 g/mol. The number of nitrogens with one attached hydrogen (secondary N) is 1. The molecule has 0 aliphatic rings. The summed E-state index contributed by atoms with van der Waals surface area (Å²) in [6, 6.07) is 20.7. The average Bonchev–Trinajstić information content (AvgIpc) is 3.80. The lowest BCUT2D eigenvalue weighted by atomic mass is 10.0. The summed E-state index contributed by atoms with van der Waals surface area (Å²) in [5, 5.41) is 18.5. The van der Waals surface area contributed by atoms with E-state index in [-0.39, 0.29) is 28.8 Å². The number of carbonyl (C=O) groups is 3. The lowest BCUT2D eigenvalue weighted by molar-refractivity contribution is -0.303. The van der Waals surface area contributed by atoms with Crippen LogP contribution in [0.25, 0.3) is 27.0 Å². The summed E-state index contributed by atoms with van der Waals surface area (Å²) >= 11 is 7.32. The van der Waals surface area contributed by atoms with Gasteiger partial charge >= 0.3 is 12.1 Å². The Morgan fingerprint density at radius 2 is 1.76 bits per heavy atom. The van der Waals surface area contributed by atoms with Crippen LogP contribution in [0, 0.1) is 6.92 Å². The minimum Gasteiger partial charge on any atom is -0.548 e. The van der Waals surface area contributed by atoms with Crippen molar-refractivity contribution >= 4 is 51.0 Å². The van der Waals surface area contributed by atoms with Crippen molar-refractivity contribution in [2.45, 2.75) is 38.6 Å². The molecule has 0 bridgehead atoms. The van der Waals surface area contributed by atoms with Crippen LogP contribution in [-0.2, 0) is 20.7 Å². The number of carbonyl (C=O) groups excluding carboxylic acids is 3. The van der Waals surface area contributed by atoms with Crippen molar-refractivity contribution in [1.29, 1.82) is 0 Å². The molecule has 17 heteroatoms. The Bertz CT molecular complexity index is 2270. The Morgan fingerprint density at radius 3 is 2.40 bits per heavy atom. The second-order valence-corrected chi connectivity index (χ2v) is 13.1. The van der Waals surface area contributed by atoms with Gasteiger partial charge in [-0.05, 0) is 61.7 Å². The largest absolute Gasteiger partial charge is 0.548 e. The first-order chi connectivity index (χ1) is 26.2. The van der Waals surface area contributed by atoms with Crippen LogP contribution in [0.3, 0.4) is 0 Å². The van der Waals surface area contributed by atoms with Crippen LogP contribution in [0.1, 0.15) is 40.2 Å². The lowest BCUT2D eigenvalue weighted by Gasteiger charge is -2.24. The lowest BCUT2D eigenvalue weighted by Crippen LogP contribution is -2.37. The molecule has 6 rings (SSSR count). The van der Waals surface area contributed by atoms with E-state index >= 15 is 0 Å². The number of esters is 1. The number of hydrogen-bond acceptors (Lipinski definition) is 11. The number of ether oxygens (including phenoxy) is 2. The quantitative estimate of drug-likeness (QED) is 0.145. The fourth-order valence-electron chi connectivity index (χ4n) is 5.27.